The Hall–Kier alpha value is -4.25. The first-order valence-electron chi connectivity index (χ1n) is 13.2. The van der Waals surface area contributed by atoms with E-state index in [0.29, 0.717) is 11.6 Å². The molecule has 5 rings (SSSR count). The molecule has 4 aromatic rings. The van der Waals surface area contributed by atoms with Crippen molar-refractivity contribution in [2.75, 3.05) is 14.2 Å². The van der Waals surface area contributed by atoms with Gasteiger partial charge in [-0.1, -0.05) is 31.0 Å². The maximum absolute atomic E-state index is 13.9. The van der Waals surface area contributed by atoms with Crippen molar-refractivity contribution in [3.8, 4) is 22.9 Å². The number of hydrogen-bond donors (Lipinski definition) is 1. The predicted octanol–water partition coefficient (Wildman–Crippen LogP) is 4.25. The van der Waals surface area contributed by atoms with E-state index in [0.717, 1.165) is 47.4 Å². The molecule has 208 valence electrons. The molecule has 2 heterocycles. The molecule has 11 heteroatoms. The van der Waals surface area contributed by atoms with Gasteiger partial charge < -0.3 is 19.7 Å². The van der Waals surface area contributed by atoms with Crippen LogP contribution in [0.3, 0.4) is 0 Å². The second-order valence-electron chi connectivity index (χ2n) is 9.65. The number of hydrogen-bond acceptors (Lipinski definition) is 8. The zero-order chi connectivity index (χ0) is 27.9. The first-order valence-corrected chi connectivity index (χ1v) is 14.1. The molecule has 2 aromatic carbocycles. The second-order valence-corrected chi connectivity index (χ2v) is 10.6. The SMILES string of the molecule is COc1ccc(CN(C(=O)Cn2nnc(-c3ccc(OC)cc3)n2)C(C(=O)NC2CCCC2)c2cccs2)cc1. The lowest BCUT2D eigenvalue weighted by atomic mass is 10.1. The number of ether oxygens (including phenoxy) is 2. The van der Waals surface area contributed by atoms with Gasteiger partial charge in [-0.25, -0.2) is 0 Å². The maximum atomic E-state index is 13.9. The van der Waals surface area contributed by atoms with Gasteiger partial charge in [-0.15, -0.1) is 21.5 Å². The summed E-state index contributed by atoms with van der Waals surface area (Å²) in [7, 11) is 3.21. The van der Waals surface area contributed by atoms with E-state index in [-0.39, 0.29) is 30.9 Å². The third-order valence-corrected chi connectivity index (χ3v) is 7.91. The van der Waals surface area contributed by atoms with Gasteiger partial charge in [-0.2, -0.15) is 4.80 Å². The van der Waals surface area contributed by atoms with Crippen molar-refractivity contribution in [3.05, 3.63) is 76.5 Å². The van der Waals surface area contributed by atoms with Crippen LogP contribution in [0.2, 0.25) is 0 Å². The highest BCUT2D eigenvalue weighted by Crippen LogP contribution is 2.29. The quantitative estimate of drug-likeness (QED) is 0.292. The molecule has 1 atom stereocenters. The number of aromatic nitrogens is 4. The van der Waals surface area contributed by atoms with Gasteiger partial charge in [-0.05, 0) is 71.5 Å². The van der Waals surface area contributed by atoms with Gasteiger partial charge in [0.1, 0.15) is 24.1 Å². The van der Waals surface area contributed by atoms with Crippen LogP contribution in [0.1, 0.15) is 42.2 Å². The molecule has 0 saturated heterocycles. The number of thiophene rings is 1. The first-order chi connectivity index (χ1) is 19.5. The molecular formula is C29H32N6O4S. The smallest absolute Gasteiger partial charge is 0.248 e. The van der Waals surface area contributed by atoms with E-state index in [9.17, 15) is 9.59 Å². The number of amides is 2. The zero-order valence-corrected chi connectivity index (χ0v) is 23.3. The molecule has 1 aliphatic rings. The Kier molecular flexibility index (Phi) is 8.70. The van der Waals surface area contributed by atoms with Crippen LogP contribution in [-0.2, 0) is 22.7 Å². The van der Waals surface area contributed by atoms with Gasteiger partial charge in [0.2, 0.25) is 17.6 Å². The molecular weight excluding hydrogens is 528 g/mol. The summed E-state index contributed by atoms with van der Waals surface area (Å²) in [6, 6.07) is 17.9. The van der Waals surface area contributed by atoms with Gasteiger partial charge in [0.15, 0.2) is 0 Å². The van der Waals surface area contributed by atoms with E-state index in [4.69, 9.17) is 9.47 Å². The summed E-state index contributed by atoms with van der Waals surface area (Å²) in [5.41, 5.74) is 1.62. The zero-order valence-electron chi connectivity index (χ0n) is 22.5. The van der Waals surface area contributed by atoms with Crippen LogP contribution in [0.25, 0.3) is 11.4 Å². The van der Waals surface area contributed by atoms with Crippen LogP contribution in [0.15, 0.2) is 66.0 Å². The standard InChI is InChI=1S/C29H32N6O4S/c1-38-23-13-9-20(10-14-23)18-34(27(25-8-5-17-40-25)29(37)30-22-6-3-4-7-22)26(36)19-35-32-28(31-33-35)21-11-15-24(39-2)16-12-21/h5,8-17,22,27H,3-4,6-7,18-19H2,1-2H3,(H,30,37). The number of tetrazole rings is 1. The Morgan fingerprint density at radius 3 is 2.33 bits per heavy atom. The molecule has 40 heavy (non-hydrogen) atoms. The average Bonchev–Trinajstić information content (AvgIpc) is 3.77. The average molecular weight is 561 g/mol. The lowest BCUT2D eigenvalue weighted by Crippen LogP contribution is -2.46. The third-order valence-electron chi connectivity index (χ3n) is 6.98. The minimum atomic E-state index is -0.792. The molecule has 10 nitrogen and oxygen atoms in total. The van der Waals surface area contributed by atoms with Gasteiger partial charge in [0, 0.05) is 23.0 Å². The van der Waals surface area contributed by atoms with E-state index in [1.807, 2.05) is 66.0 Å². The van der Waals surface area contributed by atoms with Crippen LogP contribution in [-0.4, -0.2) is 57.2 Å². The number of nitrogens with zero attached hydrogens (tertiary/aromatic N) is 5. The van der Waals surface area contributed by atoms with Crippen LogP contribution in [0, 0.1) is 0 Å². The molecule has 1 saturated carbocycles. The van der Waals surface area contributed by atoms with Gasteiger partial charge in [0.05, 0.1) is 14.2 Å². The minimum Gasteiger partial charge on any atom is -0.497 e. The Morgan fingerprint density at radius 2 is 1.70 bits per heavy atom. The lowest BCUT2D eigenvalue weighted by molar-refractivity contribution is -0.142. The number of nitrogens with one attached hydrogen (secondary N) is 1. The number of carbonyl (C=O) groups excluding carboxylic acids is 2. The van der Waals surface area contributed by atoms with Crippen molar-refractivity contribution in [2.24, 2.45) is 0 Å². The summed E-state index contributed by atoms with van der Waals surface area (Å²) in [4.78, 5) is 31.3. The summed E-state index contributed by atoms with van der Waals surface area (Å²) in [6.07, 6.45) is 4.09. The second kappa shape index (κ2) is 12.7. The van der Waals surface area contributed by atoms with Crippen molar-refractivity contribution in [2.45, 2.75) is 50.9 Å². The molecule has 2 amide bonds. The van der Waals surface area contributed by atoms with Gasteiger partial charge in [0.25, 0.3) is 0 Å². The summed E-state index contributed by atoms with van der Waals surface area (Å²) >= 11 is 1.45. The number of benzene rings is 2. The number of methoxy groups -OCH3 is 2. The summed E-state index contributed by atoms with van der Waals surface area (Å²) in [5, 5.41) is 17.8. The van der Waals surface area contributed by atoms with E-state index < -0.39 is 6.04 Å². The highest BCUT2D eigenvalue weighted by Gasteiger charge is 2.34. The van der Waals surface area contributed by atoms with Gasteiger partial charge >= 0.3 is 0 Å². The van der Waals surface area contributed by atoms with Crippen LogP contribution < -0.4 is 14.8 Å². The molecule has 2 aromatic heterocycles. The predicted molar refractivity (Wildman–Crippen MR) is 151 cm³/mol. The fourth-order valence-corrected chi connectivity index (χ4v) is 5.68. The maximum Gasteiger partial charge on any atom is 0.248 e. The summed E-state index contributed by atoms with van der Waals surface area (Å²) in [5.74, 6) is 1.35. The summed E-state index contributed by atoms with van der Waals surface area (Å²) in [6.45, 7) is 0.0570. The van der Waals surface area contributed by atoms with E-state index >= 15 is 0 Å². The molecule has 1 unspecified atom stereocenters. The van der Waals surface area contributed by atoms with Crippen molar-refractivity contribution in [1.82, 2.24) is 30.4 Å². The van der Waals surface area contributed by atoms with E-state index in [1.165, 1.54) is 16.1 Å². The van der Waals surface area contributed by atoms with E-state index in [2.05, 4.69) is 20.7 Å². The van der Waals surface area contributed by atoms with Crippen molar-refractivity contribution < 1.29 is 19.1 Å². The molecule has 0 aliphatic heterocycles. The van der Waals surface area contributed by atoms with Crippen LogP contribution >= 0.6 is 11.3 Å². The topological polar surface area (TPSA) is 111 Å². The number of rotatable bonds is 11. The number of carbonyl (C=O) groups is 2. The van der Waals surface area contributed by atoms with Crippen molar-refractivity contribution >= 4 is 23.2 Å². The van der Waals surface area contributed by atoms with Crippen LogP contribution in [0.5, 0.6) is 11.5 Å². The molecule has 1 aliphatic carbocycles. The highest BCUT2D eigenvalue weighted by molar-refractivity contribution is 7.10. The fourth-order valence-electron chi connectivity index (χ4n) is 4.85. The van der Waals surface area contributed by atoms with Crippen molar-refractivity contribution in [3.63, 3.8) is 0 Å². The fraction of sp³-hybridized carbons (Fsp3) is 0.345. The minimum absolute atomic E-state index is 0.122. The van der Waals surface area contributed by atoms with Crippen LogP contribution in [0.4, 0.5) is 0 Å². The normalized spacial score (nSPS) is 14.1. The first kappa shape index (κ1) is 27.3. The Bertz CT molecular complexity index is 1400. The largest absolute Gasteiger partial charge is 0.497 e. The Balaban J connectivity index is 1.42. The summed E-state index contributed by atoms with van der Waals surface area (Å²) < 4.78 is 10.5. The molecule has 1 N–H and O–H groups in total. The molecule has 0 radical (unpaired) electrons. The molecule has 1 fully saturated rings. The third kappa shape index (κ3) is 6.48. The lowest BCUT2D eigenvalue weighted by Gasteiger charge is -2.31. The Morgan fingerprint density at radius 1 is 1.02 bits per heavy atom. The van der Waals surface area contributed by atoms with Gasteiger partial charge in [-0.3, -0.25) is 9.59 Å². The Labute approximate surface area is 236 Å². The highest BCUT2D eigenvalue weighted by atomic mass is 32.1. The van der Waals surface area contributed by atoms with Crippen molar-refractivity contribution in [1.29, 1.82) is 0 Å². The molecule has 0 bridgehead atoms. The van der Waals surface area contributed by atoms with E-state index in [1.54, 1.807) is 19.1 Å². The molecule has 0 spiro atoms. The monoisotopic (exact) mass is 560 g/mol.